The predicted molar refractivity (Wildman–Crippen MR) is 74.5 cm³/mol. The Labute approximate surface area is 110 Å². The Kier molecular flexibility index (Phi) is 3.64. The van der Waals surface area contributed by atoms with Crippen LogP contribution in [-0.2, 0) is 0 Å². The average molecular weight is 270 g/mol. The van der Waals surface area contributed by atoms with E-state index in [1.54, 1.807) is 0 Å². The maximum atomic E-state index is 6.12. The van der Waals surface area contributed by atoms with E-state index in [4.69, 9.17) is 23.2 Å². The number of thiol groups is 1. The van der Waals surface area contributed by atoms with Gasteiger partial charge in [0.2, 0.25) is 0 Å². The topological polar surface area (TPSA) is 12.0 Å². The van der Waals surface area contributed by atoms with Gasteiger partial charge in [0.25, 0.3) is 0 Å². The fraction of sp³-hybridized carbons (Fsp3) is 0. The van der Waals surface area contributed by atoms with Crippen molar-refractivity contribution in [3.05, 3.63) is 52.5 Å². The van der Waals surface area contributed by atoms with E-state index in [-0.39, 0.29) is 0 Å². The van der Waals surface area contributed by atoms with Crippen molar-refractivity contribution in [3.63, 3.8) is 0 Å². The standard InChI is InChI=1S/C12H9Cl2NS/c13-10-2-1-3-11(14)12(10)8-4-6-9(15-16)7-5-8/h1-7,15-16H. The van der Waals surface area contributed by atoms with Gasteiger partial charge in [0.1, 0.15) is 0 Å². The molecule has 0 bridgehead atoms. The van der Waals surface area contributed by atoms with Crippen LogP contribution in [0.4, 0.5) is 5.69 Å². The van der Waals surface area contributed by atoms with Crippen LogP contribution in [0.1, 0.15) is 0 Å². The van der Waals surface area contributed by atoms with Crippen molar-refractivity contribution in [2.24, 2.45) is 0 Å². The maximum Gasteiger partial charge on any atom is 0.0499 e. The summed E-state index contributed by atoms with van der Waals surface area (Å²) in [6.07, 6.45) is 0. The summed E-state index contributed by atoms with van der Waals surface area (Å²) in [5, 5.41) is 1.30. The largest absolute Gasteiger partial charge is 0.332 e. The second-order valence-electron chi connectivity index (χ2n) is 3.29. The van der Waals surface area contributed by atoms with E-state index in [2.05, 4.69) is 17.5 Å². The third kappa shape index (κ3) is 2.29. The highest BCUT2D eigenvalue weighted by Gasteiger charge is 2.07. The predicted octanol–water partition coefficient (Wildman–Crippen LogP) is 4.92. The van der Waals surface area contributed by atoms with Gasteiger partial charge in [0.15, 0.2) is 0 Å². The Morgan fingerprint density at radius 1 is 0.875 bits per heavy atom. The lowest BCUT2D eigenvalue weighted by atomic mass is 10.1. The van der Waals surface area contributed by atoms with Gasteiger partial charge in [-0.2, -0.15) is 0 Å². The molecule has 4 heteroatoms. The molecule has 1 N–H and O–H groups in total. The molecular formula is C12H9Cl2NS. The average Bonchev–Trinajstić information content (AvgIpc) is 2.30. The quantitative estimate of drug-likeness (QED) is 0.738. The highest BCUT2D eigenvalue weighted by atomic mass is 35.5. The van der Waals surface area contributed by atoms with Crippen molar-refractivity contribution in [1.82, 2.24) is 0 Å². The first-order valence-corrected chi connectivity index (χ1v) is 5.87. The van der Waals surface area contributed by atoms with Gasteiger partial charge in [-0.15, -0.1) is 0 Å². The van der Waals surface area contributed by atoms with E-state index in [0.29, 0.717) is 10.0 Å². The zero-order chi connectivity index (χ0) is 11.5. The highest BCUT2D eigenvalue weighted by Crippen LogP contribution is 2.34. The molecule has 0 heterocycles. The molecule has 0 aliphatic rings. The molecule has 0 saturated heterocycles. The fourth-order valence-corrected chi connectivity index (χ4v) is 2.25. The van der Waals surface area contributed by atoms with E-state index in [9.17, 15) is 0 Å². The Bertz CT molecular complexity index is 477. The molecule has 2 rings (SSSR count). The van der Waals surface area contributed by atoms with E-state index < -0.39 is 0 Å². The molecule has 0 amide bonds. The summed E-state index contributed by atoms with van der Waals surface area (Å²) in [7, 11) is 0. The molecule has 0 saturated carbocycles. The zero-order valence-electron chi connectivity index (χ0n) is 8.24. The number of benzene rings is 2. The monoisotopic (exact) mass is 269 g/mol. The van der Waals surface area contributed by atoms with Crippen LogP contribution in [-0.4, -0.2) is 0 Å². The Hall–Kier alpha value is -0.830. The minimum atomic E-state index is 0.652. The van der Waals surface area contributed by atoms with Crippen LogP contribution in [0.3, 0.4) is 0 Å². The summed E-state index contributed by atoms with van der Waals surface area (Å²) in [4.78, 5) is 0. The molecular weight excluding hydrogens is 261 g/mol. The molecule has 0 fully saturated rings. The lowest BCUT2D eigenvalue weighted by Crippen LogP contribution is -1.83. The van der Waals surface area contributed by atoms with Crippen molar-refractivity contribution in [1.29, 1.82) is 0 Å². The smallest absolute Gasteiger partial charge is 0.0499 e. The van der Waals surface area contributed by atoms with Crippen LogP contribution in [0, 0.1) is 0 Å². The first-order chi connectivity index (χ1) is 7.72. The molecule has 2 aromatic rings. The van der Waals surface area contributed by atoms with E-state index in [1.807, 2.05) is 42.5 Å². The Morgan fingerprint density at radius 3 is 1.94 bits per heavy atom. The number of halogens is 2. The van der Waals surface area contributed by atoms with Gasteiger partial charge < -0.3 is 4.72 Å². The summed E-state index contributed by atoms with van der Waals surface area (Å²) < 4.78 is 2.76. The van der Waals surface area contributed by atoms with Gasteiger partial charge in [0, 0.05) is 21.3 Å². The Balaban J connectivity index is 2.50. The van der Waals surface area contributed by atoms with Crippen LogP contribution in [0.25, 0.3) is 11.1 Å². The van der Waals surface area contributed by atoms with Crippen molar-refractivity contribution < 1.29 is 0 Å². The molecule has 0 aromatic heterocycles. The summed E-state index contributed by atoms with van der Waals surface area (Å²) in [5.41, 5.74) is 2.77. The number of rotatable bonds is 2. The molecule has 1 nitrogen and oxygen atoms in total. The number of hydrogen-bond acceptors (Lipinski definition) is 2. The van der Waals surface area contributed by atoms with Crippen molar-refractivity contribution in [3.8, 4) is 11.1 Å². The van der Waals surface area contributed by atoms with Crippen molar-refractivity contribution in [2.45, 2.75) is 0 Å². The van der Waals surface area contributed by atoms with Gasteiger partial charge in [-0.25, -0.2) is 0 Å². The zero-order valence-corrected chi connectivity index (χ0v) is 10.7. The molecule has 0 spiro atoms. The first-order valence-electron chi connectivity index (χ1n) is 4.67. The third-order valence-corrected chi connectivity index (χ3v) is 3.15. The second-order valence-corrected chi connectivity index (χ2v) is 4.32. The van der Waals surface area contributed by atoms with Crippen molar-refractivity contribution >= 4 is 41.7 Å². The normalized spacial score (nSPS) is 10.2. The molecule has 2 aromatic carbocycles. The van der Waals surface area contributed by atoms with Gasteiger partial charge in [0.05, 0.1) is 0 Å². The van der Waals surface area contributed by atoms with Crippen molar-refractivity contribution in [2.75, 3.05) is 4.72 Å². The summed E-state index contributed by atoms with van der Waals surface area (Å²) in [5.74, 6) is 0. The maximum absolute atomic E-state index is 6.12. The van der Waals surface area contributed by atoms with Crippen LogP contribution >= 0.6 is 36.0 Å². The molecule has 0 atom stereocenters. The second kappa shape index (κ2) is 5.00. The molecule has 0 unspecified atom stereocenters. The minimum Gasteiger partial charge on any atom is -0.332 e. The van der Waals surface area contributed by atoms with E-state index >= 15 is 0 Å². The summed E-state index contributed by atoms with van der Waals surface area (Å²) in [6, 6.07) is 13.2. The van der Waals surface area contributed by atoms with Crippen LogP contribution < -0.4 is 4.72 Å². The lowest BCUT2D eigenvalue weighted by molar-refractivity contribution is 1.61. The highest BCUT2D eigenvalue weighted by molar-refractivity contribution is 7.81. The van der Waals surface area contributed by atoms with Crippen LogP contribution in [0.15, 0.2) is 42.5 Å². The van der Waals surface area contributed by atoms with E-state index in [0.717, 1.165) is 16.8 Å². The SMILES string of the molecule is SNc1ccc(-c2c(Cl)cccc2Cl)cc1. The first kappa shape index (κ1) is 11.6. The van der Waals surface area contributed by atoms with Crippen LogP contribution in [0.2, 0.25) is 10.0 Å². The van der Waals surface area contributed by atoms with Gasteiger partial charge in [-0.3, -0.25) is 0 Å². The number of hydrogen-bond donors (Lipinski definition) is 2. The van der Waals surface area contributed by atoms with E-state index in [1.165, 1.54) is 0 Å². The lowest BCUT2D eigenvalue weighted by Gasteiger charge is -2.07. The molecule has 16 heavy (non-hydrogen) atoms. The molecule has 82 valence electrons. The van der Waals surface area contributed by atoms with Crippen LogP contribution in [0.5, 0.6) is 0 Å². The molecule has 0 aliphatic carbocycles. The minimum absolute atomic E-state index is 0.652. The number of nitrogens with one attached hydrogen (secondary N) is 1. The Morgan fingerprint density at radius 2 is 1.44 bits per heavy atom. The third-order valence-electron chi connectivity index (χ3n) is 2.27. The summed E-state index contributed by atoms with van der Waals surface area (Å²) >= 11 is 16.2. The van der Waals surface area contributed by atoms with Gasteiger partial charge in [-0.1, -0.05) is 54.2 Å². The fourth-order valence-electron chi connectivity index (χ4n) is 1.49. The summed E-state index contributed by atoms with van der Waals surface area (Å²) in [6.45, 7) is 0. The molecule has 0 radical (unpaired) electrons. The van der Waals surface area contributed by atoms with Gasteiger partial charge in [-0.05, 0) is 29.8 Å². The molecule has 0 aliphatic heterocycles. The number of anilines is 1. The van der Waals surface area contributed by atoms with Gasteiger partial charge >= 0.3 is 0 Å².